The second-order valence-corrected chi connectivity index (χ2v) is 4.28. The van der Waals surface area contributed by atoms with E-state index in [-0.39, 0.29) is 17.9 Å². The maximum atomic E-state index is 11.3. The molecular weight excluding hydrogens is 208 g/mol. The van der Waals surface area contributed by atoms with Crippen molar-refractivity contribution >= 4 is 12.0 Å². The Morgan fingerprint density at radius 2 is 2.06 bits per heavy atom. The van der Waals surface area contributed by atoms with Crippen LogP contribution in [0.4, 0.5) is 4.79 Å². The first-order chi connectivity index (χ1) is 7.58. The Morgan fingerprint density at radius 3 is 2.50 bits per heavy atom. The van der Waals surface area contributed by atoms with Crippen molar-refractivity contribution in [3.8, 4) is 0 Å². The van der Waals surface area contributed by atoms with Gasteiger partial charge in [-0.25, -0.2) is 4.79 Å². The predicted octanol–water partition coefficient (Wildman–Crippen LogP) is 1.12. The summed E-state index contributed by atoms with van der Waals surface area (Å²) in [5.74, 6) is -0.798. The van der Waals surface area contributed by atoms with Gasteiger partial charge in [-0.2, -0.15) is 0 Å². The highest BCUT2D eigenvalue weighted by Gasteiger charge is 2.39. The van der Waals surface area contributed by atoms with Crippen LogP contribution in [0.25, 0.3) is 0 Å². The lowest BCUT2D eigenvalue weighted by atomic mass is 9.66. The van der Waals surface area contributed by atoms with Crippen LogP contribution in [-0.2, 0) is 4.79 Å². The predicted molar refractivity (Wildman–Crippen MR) is 60.1 cm³/mol. The minimum atomic E-state index is -0.798. The van der Waals surface area contributed by atoms with Crippen molar-refractivity contribution < 1.29 is 14.7 Å². The van der Waals surface area contributed by atoms with Crippen LogP contribution in [0.1, 0.15) is 25.7 Å². The second-order valence-electron chi connectivity index (χ2n) is 4.28. The number of amides is 2. The summed E-state index contributed by atoms with van der Waals surface area (Å²) in [6.07, 6.45) is 4.52. The van der Waals surface area contributed by atoms with Crippen LogP contribution >= 0.6 is 0 Å². The number of carboxylic acids is 1. The topological polar surface area (TPSA) is 78.4 Å². The number of rotatable bonds is 6. The molecule has 16 heavy (non-hydrogen) atoms. The average Bonchev–Trinajstić information content (AvgIpc) is 2.18. The van der Waals surface area contributed by atoms with E-state index in [0.29, 0.717) is 13.1 Å². The van der Waals surface area contributed by atoms with Crippen LogP contribution in [0.2, 0.25) is 0 Å². The molecule has 0 saturated heterocycles. The lowest BCUT2D eigenvalue weighted by Crippen LogP contribution is -2.46. The highest BCUT2D eigenvalue weighted by molar-refractivity contribution is 5.74. The van der Waals surface area contributed by atoms with Gasteiger partial charge in [0.2, 0.25) is 0 Å². The molecule has 0 atom stereocenters. The van der Waals surface area contributed by atoms with Gasteiger partial charge in [0.15, 0.2) is 0 Å². The summed E-state index contributed by atoms with van der Waals surface area (Å²) in [4.78, 5) is 21.9. The maximum Gasteiger partial charge on any atom is 0.315 e. The molecule has 5 heteroatoms. The molecule has 90 valence electrons. The van der Waals surface area contributed by atoms with Crippen LogP contribution < -0.4 is 10.6 Å². The third-order valence-corrected chi connectivity index (χ3v) is 2.97. The number of carboxylic acid groups (broad SMARTS) is 1. The summed E-state index contributed by atoms with van der Waals surface area (Å²) >= 11 is 0. The van der Waals surface area contributed by atoms with E-state index in [4.69, 9.17) is 5.11 Å². The van der Waals surface area contributed by atoms with E-state index in [9.17, 15) is 9.59 Å². The monoisotopic (exact) mass is 226 g/mol. The number of aliphatic carboxylic acids is 1. The molecular formula is C11H18N2O3. The lowest BCUT2D eigenvalue weighted by Gasteiger charge is -2.40. The third kappa shape index (κ3) is 3.56. The number of hydrogen-bond donors (Lipinski definition) is 3. The average molecular weight is 226 g/mol. The Kier molecular flexibility index (Phi) is 4.34. The number of carbonyl (C=O) groups excluding carboxylic acids is 1. The Bertz CT molecular complexity index is 285. The largest absolute Gasteiger partial charge is 0.481 e. The Morgan fingerprint density at radius 1 is 1.38 bits per heavy atom. The van der Waals surface area contributed by atoms with Crippen molar-refractivity contribution in [2.45, 2.75) is 25.7 Å². The molecule has 0 spiro atoms. The molecule has 0 unspecified atom stereocenters. The van der Waals surface area contributed by atoms with Crippen LogP contribution in [0.15, 0.2) is 12.7 Å². The molecule has 5 nitrogen and oxygen atoms in total. The Balaban J connectivity index is 2.31. The van der Waals surface area contributed by atoms with E-state index in [1.54, 1.807) is 6.08 Å². The zero-order valence-corrected chi connectivity index (χ0v) is 9.29. The summed E-state index contributed by atoms with van der Waals surface area (Å²) in [7, 11) is 0. The summed E-state index contributed by atoms with van der Waals surface area (Å²) in [5.41, 5.74) is -0.225. The van der Waals surface area contributed by atoms with E-state index in [0.717, 1.165) is 19.3 Å². The van der Waals surface area contributed by atoms with Crippen molar-refractivity contribution in [2.75, 3.05) is 13.1 Å². The molecule has 0 aliphatic heterocycles. The molecule has 0 aromatic rings. The standard InChI is InChI=1S/C11H18N2O3/c1-2-6-12-10(16)13-8-11(4-3-5-11)7-9(14)15/h2H,1,3-8H2,(H,14,15)(H2,12,13,16). The van der Waals surface area contributed by atoms with E-state index < -0.39 is 5.97 Å². The first kappa shape index (κ1) is 12.5. The van der Waals surface area contributed by atoms with Gasteiger partial charge in [0.1, 0.15) is 0 Å². The molecule has 0 aromatic carbocycles. The minimum Gasteiger partial charge on any atom is -0.481 e. The van der Waals surface area contributed by atoms with Crippen LogP contribution in [0, 0.1) is 5.41 Å². The van der Waals surface area contributed by atoms with Crippen molar-refractivity contribution in [3.05, 3.63) is 12.7 Å². The number of hydrogen-bond acceptors (Lipinski definition) is 2. The number of carbonyl (C=O) groups is 2. The maximum absolute atomic E-state index is 11.3. The molecule has 1 rings (SSSR count). The highest BCUT2D eigenvalue weighted by Crippen LogP contribution is 2.43. The SMILES string of the molecule is C=CCNC(=O)NCC1(CC(=O)O)CCC1. The fraction of sp³-hybridized carbons (Fsp3) is 0.636. The van der Waals surface area contributed by atoms with Crippen LogP contribution in [-0.4, -0.2) is 30.2 Å². The number of nitrogens with one attached hydrogen (secondary N) is 2. The summed E-state index contributed by atoms with van der Waals surface area (Å²) in [5, 5.41) is 14.1. The van der Waals surface area contributed by atoms with Crippen molar-refractivity contribution in [2.24, 2.45) is 5.41 Å². The molecule has 1 aliphatic rings. The molecule has 1 fully saturated rings. The fourth-order valence-electron chi connectivity index (χ4n) is 1.91. The quantitative estimate of drug-likeness (QED) is 0.594. The van der Waals surface area contributed by atoms with Crippen LogP contribution in [0.5, 0.6) is 0 Å². The molecule has 1 saturated carbocycles. The second kappa shape index (κ2) is 5.53. The van der Waals surface area contributed by atoms with Gasteiger partial charge < -0.3 is 15.7 Å². The molecule has 0 radical (unpaired) electrons. The van der Waals surface area contributed by atoms with Gasteiger partial charge in [-0.3, -0.25) is 4.79 Å². The minimum absolute atomic E-state index is 0.134. The lowest BCUT2D eigenvalue weighted by molar-refractivity contribution is -0.141. The highest BCUT2D eigenvalue weighted by atomic mass is 16.4. The van der Waals surface area contributed by atoms with Gasteiger partial charge in [-0.15, -0.1) is 6.58 Å². The zero-order valence-electron chi connectivity index (χ0n) is 9.29. The Labute approximate surface area is 94.9 Å². The Hall–Kier alpha value is -1.52. The van der Waals surface area contributed by atoms with E-state index >= 15 is 0 Å². The van der Waals surface area contributed by atoms with Gasteiger partial charge in [-0.05, 0) is 18.3 Å². The molecule has 0 bridgehead atoms. The summed E-state index contributed by atoms with van der Waals surface area (Å²) in [6.45, 7) is 4.34. The summed E-state index contributed by atoms with van der Waals surface area (Å²) < 4.78 is 0. The molecule has 1 aliphatic carbocycles. The van der Waals surface area contributed by atoms with Gasteiger partial charge in [-0.1, -0.05) is 12.5 Å². The van der Waals surface area contributed by atoms with Gasteiger partial charge in [0.05, 0.1) is 6.42 Å². The normalized spacial score (nSPS) is 17.0. The molecule has 2 amide bonds. The van der Waals surface area contributed by atoms with Crippen LogP contribution in [0.3, 0.4) is 0 Å². The van der Waals surface area contributed by atoms with Gasteiger partial charge in [0.25, 0.3) is 0 Å². The summed E-state index contributed by atoms with van der Waals surface area (Å²) in [6, 6.07) is -0.267. The molecule has 3 N–H and O–H groups in total. The first-order valence-electron chi connectivity index (χ1n) is 5.42. The van der Waals surface area contributed by atoms with Gasteiger partial charge in [0, 0.05) is 13.1 Å². The first-order valence-corrected chi connectivity index (χ1v) is 5.42. The molecule has 0 aromatic heterocycles. The van der Waals surface area contributed by atoms with Gasteiger partial charge >= 0.3 is 12.0 Å². The van der Waals surface area contributed by atoms with Crippen molar-refractivity contribution in [3.63, 3.8) is 0 Å². The van der Waals surface area contributed by atoms with Crippen molar-refractivity contribution in [1.82, 2.24) is 10.6 Å². The third-order valence-electron chi connectivity index (χ3n) is 2.97. The molecule has 0 heterocycles. The fourth-order valence-corrected chi connectivity index (χ4v) is 1.91. The van der Waals surface area contributed by atoms with E-state index in [1.807, 2.05) is 0 Å². The van der Waals surface area contributed by atoms with E-state index in [2.05, 4.69) is 17.2 Å². The number of urea groups is 1. The smallest absolute Gasteiger partial charge is 0.315 e. The van der Waals surface area contributed by atoms with Crippen molar-refractivity contribution in [1.29, 1.82) is 0 Å². The zero-order chi connectivity index (χ0) is 12.0. The van der Waals surface area contributed by atoms with E-state index in [1.165, 1.54) is 0 Å².